The van der Waals surface area contributed by atoms with Gasteiger partial charge in [-0.1, -0.05) is 84.4 Å². The summed E-state index contributed by atoms with van der Waals surface area (Å²) in [6.07, 6.45) is -4.76. The number of aliphatic hydroxyl groups excluding tert-OH is 4. The maximum Gasteiger partial charge on any atom is 0.408 e. The van der Waals surface area contributed by atoms with Crippen molar-refractivity contribution in [2.45, 2.75) is 153 Å². The minimum absolute atomic E-state index is 0.0294. The van der Waals surface area contributed by atoms with Crippen LogP contribution in [0.1, 0.15) is 91.3 Å². The number of rotatable bonds is 18. The Hall–Kier alpha value is -8.55. The molecule has 84 heavy (non-hydrogen) atoms. The fraction of sp³-hybridized carbons (Fsp3) is 0.566. The predicted molar refractivity (Wildman–Crippen MR) is 298 cm³/mol. The highest BCUT2D eigenvalue weighted by molar-refractivity contribution is 6.00. The molecule has 2 unspecified atom stereocenters. The van der Waals surface area contributed by atoms with Crippen LogP contribution in [0.4, 0.5) is 4.79 Å². The highest BCUT2D eigenvalue weighted by Crippen LogP contribution is 2.20. The Morgan fingerprint density at radius 2 is 1.29 bits per heavy atom. The van der Waals surface area contributed by atoms with E-state index in [0.29, 0.717) is 5.56 Å². The van der Waals surface area contributed by atoms with Gasteiger partial charge in [0.2, 0.25) is 59.1 Å². The summed E-state index contributed by atoms with van der Waals surface area (Å²) in [7, 11) is 0. The van der Waals surface area contributed by atoms with Gasteiger partial charge in [-0.2, -0.15) is 0 Å². The van der Waals surface area contributed by atoms with Crippen molar-refractivity contribution in [2.75, 3.05) is 19.7 Å². The second kappa shape index (κ2) is 34.1. The van der Waals surface area contributed by atoms with Gasteiger partial charge in [-0.05, 0) is 61.1 Å². The molecule has 1 aromatic carbocycles. The number of carbonyl (C=O) groups is 11. The summed E-state index contributed by atoms with van der Waals surface area (Å²) in [5.74, 6) is -14.6. The lowest BCUT2D eigenvalue weighted by atomic mass is 9.95. The predicted octanol–water partition coefficient (Wildman–Crippen LogP) is -5.35. The van der Waals surface area contributed by atoms with E-state index in [4.69, 9.17) is 21.6 Å². The number of nitrogens with two attached hydrogens (primary N) is 2. The van der Waals surface area contributed by atoms with Gasteiger partial charge in [0.05, 0.1) is 31.4 Å². The molecule has 464 valence electrons. The lowest BCUT2D eigenvalue weighted by Gasteiger charge is -2.33. The quantitative estimate of drug-likeness (QED) is 0.0376. The van der Waals surface area contributed by atoms with E-state index in [1.807, 2.05) is 5.32 Å². The molecule has 1 fully saturated rings. The van der Waals surface area contributed by atoms with E-state index in [2.05, 4.69) is 58.2 Å². The summed E-state index contributed by atoms with van der Waals surface area (Å²) in [6, 6.07) is -5.62. The molecule has 1 aliphatic heterocycles. The third-order valence-electron chi connectivity index (χ3n) is 13.3. The molecule has 3 rings (SSSR count). The van der Waals surface area contributed by atoms with Crippen molar-refractivity contribution in [1.82, 2.24) is 63.5 Å². The van der Waals surface area contributed by atoms with Crippen LogP contribution in [0, 0.1) is 23.2 Å². The number of guanidine groups is 1. The van der Waals surface area contributed by atoms with Crippen molar-refractivity contribution in [1.29, 1.82) is 5.41 Å². The van der Waals surface area contributed by atoms with Crippen LogP contribution < -0.4 is 70.0 Å². The number of primary amides is 1. The summed E-state index contributed by atoms with van der Waals surface area (Å²) in [6.45, 7) is 8.13. The van der Waals surface area contributed by atoms with Crippen LogP contribution >= 0.6 is 0 Å². The number of carbonyl (C=O) groups excluding carboxylic acids is 11. The van der Waals surface area contributed by atoms with Crippen LogP contribution in [0.15, 0.2) is 54.9 Å². The molecule has 0 saturated carbocycles. The second-order valence-corrected chi connectivity index (χ2v) is 20.9. The normalized spacial score (nSPS) is 24.7. The molecular formula is C53H81N15O16. The number of alkyl carbamates (subject to hydrolysis) is 1. The minimum Gasteiger partial charge on any atom is -0.445 e. The number of aromatic nitrogens is 1. The highest BCUT2D eigenvalue weighted by Gasteiger charge is 2.42. The lowest BCUT2D eigenvalue weighted by molar-refractivity contribution is -0.140. The molecule has 20 N–H and O–H groups in total. The molecule has 31 heteroatoms. The Balaban J connectivity index is 2.33. The first-order valence-corrected chi connectivity index (χ1v) is 27.2. The van der Waals surface area contributed by atoms with Gasteiger partial charge in [0.25, 0.3) is 0 Å². The number of hydrogen-bond acceptors (Lipinski definition) is 18. The molecule has 13 atom stereocenters. The topological polar surface area (TPSA) is 499 Å². The molecule has 2 heterocycles. The number of benzene rings is 1. The zero-order valence-electron chi connectivity index (χ0n) is 47.8. The maximum atomic E-state index is 15.0. The van der Waals surface area contributed by atoms with Crippen molar-refractivity contribution in [3.63, 3.8) is 0 Å². The van der Waals surface area contributed by atoms with Crippen molar-refractivity contribution < 1.29 is 77.9 Å². The number of nitrogens with one attached hydrogen (secondary N) is 12. The third kappa shape index (κ3) is 22.0. The second-order valence-electron chi connectivity index (χ2n) is 20.9. The smallest absolute Gasteiger partial charge is 0.408 e. The first-order chi connectivity index (χ1) is 39.6. The highest BCUT2D eigenvalue weighted by atomic mass is 16.5. The van der Waals surface area contributed by atoms with Crippen molar-refractivity contribution >= 4 is 71.1 Å². The van der Waals surface area contributed by atoms with E-state index in [1.165, 1.54) is 32.2 Å². The fourth-order valence-corrected chi connectivity index (χ4v) is 8.35. The number of nitrogens with zero attached hydrogens (tertiary/aromatic N) is 1. The lowest BCUT2D eigenvalue weighted by Crippen LogP contribution is -2.64. The molecule has 0 spiro atoms. The molecule has 31 nitrogen and oxygen atoms in total. The SMILES string of the molecule is CC[C@H](C)[C@@H]1NC(=O)[C@@H](CCCNC(=N)N)NC(=O)[C@H](CC(C)C)NC(=O)[C@H]([C@H](O)C(C)C)NC(=O)[C@@H](NC(=O)OCc2ccccc2)[C@@H](c2cccnc2)NC(=O)C(CO)NC(=O)C([C@H](O)C(N)=O)NC(=O)CNC(=O)[C@H]([C@H](C)O)NC1=O. The fourth-order valence-electron chi connectivity index (χ4n) is 8.35. The Kier molecular flexibility index (Phi) is 28.3. The Morgan fingerprint density at radius 3 is 1.86 bits per heavy atom. The average molecular weight is 1180 g/mol. The van der Waals surface area contributed by atoms with Crippen LogP contribution in [0.5, 0.6) is 0 Å². The molecule has 1 aromatic heterocycles. The van der Waals surface area contributed by atoms with Gasteiger partial charge in [-0.3, -0.25) is 58.3 Å². The maximum absolute atomic E-state index is 15.0. The molecule has 0 aliphatic carbocycles. The van der Waals surface area contributed by atoms with E-state index < -0.39 is 169 Å². The van der Waals surface area contributed by atoms with Crippen molar-refractivity contribution in [3.05, 3.63) is 66.0 Å². The number of ether oxygens (including phenoxy) is 1. The molecule has 11 amide bonds. The van der Waals surface area contributed by atoms with Crippen LogP contribution in [-0.4, -0.2) is 183 Å². The van der Waals surface area contributed by atoms with Crippen molar-refractivity contribution in [3.8, 4) is 0 Å². The summed E-state index contributed by atoms with van der Waals surface area (Å²) >= 11 is 0. The van der Waals surface area contributed by atoms with E-state index in [9.17, 15) is 73.2 Å². The average Bonchev–Trinajstić information content (AvgIpc) is 3.52. The Bertz CT molecular complexity index is 2600. The summed E-state index contributed by atoms with van der Waals surface area (Å²) in [5.41, 5.74) is 11.2. The molecule has 0 bridgehead atoms. The van der Waals surface area contributed by atoms with Crippen LogP contribution in [0.3, 0.4) is 0 Å². The summed E-state index contributed by atoms with van der Waals surface area (Å²) in [5, 5.41) is 77.5. The van der Waals surface area contributed by atoms with Crippen LogP contribution in [-0.2, 0) is 59.3 Å². The summed E-state index contributed by atoms with van der Waals surface area (Å²) in [4.78, 5) is 158. The zero-order chi connectivity index (χ0) is 63.0. The molecule has 1 aliphatic rings. The largest absolute Gasteiger partial charge is 0.445 e. The standard InChI is InChI=1S/C53H81N15O16/c1-8-27(6)35-48(79)65-36(28(7)70)47(78)59-22-34(71)63-40(42(73)43(54)74)51(82)62-33(23-69)46(77)66-37(30-16-12-18-57-21-30)38(68-53(83)84-24-29-14-10-9-11-15-29)49(80)67-39(41(72)26(4)5)50(81)61-32(20-25(2)3)45(76)60-31(44(75)64-35)17-13-19-58-52(55)56/h9-12,14-16,18,21,25-28,31-33,35-42,69-70,72-73H,8,13,17,19-20,22-24H2,1-7H3,(H2,54,74)(H,59,78)(H,60,76)(H,61,81)(H,62,82)(H,63,71)(H,64,75)(H,65,79)(H,66,77)(H,67,80)(H,68,83)(H4,55,56,58)/t27-,28-,31+,32-,33?,35-,36-,37+,38-,39-,40?,41+,42-/m0/s1. The van der Waals surface area contributed by atoms with Crippen LogP contribution in [0.25, 0.3) is 0 Å². The van der Waals surface area contributed by atoms with E-state index >= 15 is 0 Å². The Labute approximate surface area is 485 Å². The number of pyridine rings is 1. The molecule has 2 aromatic rings. The van der Waals surface area contributed by atoms with Gasteiger partial charge >= 0.3 is 6.09 Å². The van der Waals surface area contributed by atoms with E-state index in [0.717, 1.165) is 13.1 Å². The molecule has 1 saturated heterocycles. The molecular weight excluding hydrogens is 1100 g/mol. The number of hydrogen-bond donors (Lipinski definition) is 18. The first-order valence-electron chi connectivity index (χ1n) is 27.2. The van der Waals surface area contributed by atoms with Crippen LogP contribution in [0.2, 0.25) is 0 Å². The van der Waals surface area contributed by atoms with Gasteiger partial charge in [-0.25, -0.2) is 4.79 Å². The monoisotopic (exact) mass is 1180 g/mol. The van der Waals surface area contributed by atoms with E-state index in [1.54, 1.807) is 58.0 Å². The third-order valence-corrected chi connectivity index (χ3v) is 13.3. The van der Waals surface area contributed by atoms with Gasteiger partial charge in [0.1, 0.15) is 54.9 Å². The summed E-state index contributed by atoms with van der Waals surface area (Å²) < 4.78 is 5.44. The number of amides is 11. The van der Waals surface area contributed by atoms with Gasteiger partial charge in [0, 0.05) is 18.9 Å². The molecule has 0 radical (unpaired) electrons. The van der Waals surface area contributed by atoms with Gasteiger partial charge in [-0.15, -0.1) is 0 Å². The van der Waals surface area contributed by atoms with E-state index in [-0.39, 0.29) is 50.3 Å². The Morgan fingerprint density at radius 1 is 0.702 bits per heavy atom. The zero-order valence-corrected chi connectivity index (χ0v) is 47.8. The van der Waals surface area contributed by atoms with Gasteiger partial charge < -0.3 is 95.1 Å². The van der Waals surface area contributed by atoms with Crippen molar-refractivity contribution in [2.24, 2.45) is 29.2 Å². The van der Waals surface area contributed by atoms with Gasteiger partial charge in [0.15, 0.2) is 12.1 Å². The first kappa shape index (κ1) is 69.7. The number of aliphatic hydroxyl groups is 4. The minimum atomic E-state index is -2.54.